The van der Waals surface area contributed by atoms with Gasteiger partial charge >= 0.3 is 5.97 Å². The van der Waals surface area contributed by atoms with Gasteiger partial charge in [-0.25, -0.2) is 4.79 Å². The molecule has 3 aliphatic heterocycles. The molecule has 3 aliphatic rings. The molecule has 47 heavy (non-hydrogen) atoms. The zero-order chi connectivity index (χ0) is 35.2. The second-order valence-electron chi connectivity index (χ2n) is 15.4. The number of likely N-dealkylation sites (tertiary alicyclic amines) is 3. The summed E-state index contributed by atoms with van der Waals surface area (Å²) in [5.74, 6) is -1.21. The number of carbonyl (C=O) groups is 5. The summed E-state index contributed by atoms with van der Waals surface area (Å²) in [4.78, 5) is 75.0. The molecule has 0 aromatic carbocycles. The molecule has 3 heterocycles. The van der Waals surface area contributed by atoms with Crippen molar-refractivity contribution in [1.29, 1.82) is 0 Å². The van der Waals surface area contributed by atoms with Gasteiger partial charge in [0.05, 0.1) is 19.2 Å². The topological polar surface area (TPSA) is 120 Å². The van der Waals surface area contributed by atoms with Crippen molar-refractivity contribution < 1.29 is 28.7 Å². The number of likely N-dealkylation sites (N-methyl/N-ethyl adjacent to an activating group) is 1. The largest absolute Gasteiger partial charge is 0.467 e. The van der Waals surface area contributed by atoms with Crippen molar-refractivity contribution in [3.63, 3.8) is 0 Å². The molecule has 1 unspecified atom stereocenters. The van der Waals surface area contributed by atoms with Crippen LogP contribution < -0.4 is 5.32 Å². The van der Waals surface area contributed by atoms with Crippen LogP contribution in [0.1, 0.15) is 107 Å². The summed E-state index contributed by atoms with van der Waals surface area (Å²) in [5.41, 5.74) is -0.0917. The summed E-state index contributed by atoms with van der Waals surface area (Å²) in [6, 6.07) is -2.47. The van der Waals surface area contributed by atoms with E-state index in [1.54, 1.807) is 28.7 Å². The van der Waals surface area contributed by atoms with Crippen LogP contribution in [0.4, 0.5) is 0 Å². The van der Waals surface area contributed by atoms with Gasteiger partial charge < -0.3 is 24.8 Å². The summed E-state index contributed by atoms with van der Waals surface area (Å²) < 4.78 is 4.98. The molecule has 0 spiro atoms. The second-order valence-corrected chi connectivity index (χ2v) is 15.4. The predicted octanol–water partition coefficient (Wildman–Crippen LogP) is 3.75. The molecule has 0 aliphatic carbocycles. The number of esters is 1. The monoisotopic (exact) mass is 659 g/mol. The third-order valence-electron chi connectivity index (χ3n) is 10.2. The number of nitrogens with zero attached hydrogens (tertiary/aromatic N) is 4. The predicted molar refractivity (Wildman–Crippen MR) is 182 cm³/mol. The highest BCUT2D eigenvalue weighted by Gasteiger charge is 2.43. The van der Waals surface area contributed by atoms with Gasteiger partial charge in [0, 0.05) is 31.8 Å². The van der Waals surface area contributed by atoms with E-state index in [1.807, 2.05) is 40.7 Å². The number of nitrogens with one attached hydrogen (secondary N) is 1. The molecule has 266 valence electrons. The molecule has 0 saturated carbocycles. The summed E-state index contributed by atoms with van der Waals surface area (Å²) >= 11 is 0. The van der Waals surface area contributed by atoms with E-state index < -0.39 is 35.6 Å². The van der Waals surface area contributed by atoms with Gasteiger partial charge in [0.15, 0.2) is 0 Å². The molecule has 0 radical (unpaired) electrons. The smallest absolute Gasteiger partial charge is 0.328 e. The van der Waals surface area contributed by atoms with E-state index in [2.05, 4.69) is 24.1 Å². The molecule has 3 saturated heterocycles. The fourth-order valence-electron chi connectivity index (χ4n) is 7.43. The van der Waals surface area contributed by atoms with Gasteiger partial charge in [-0.3, -0.25) is 24.1 Å². The van der Waals surface area contributed by atoms with Crippen LogP contribution in [-0.2, 0) is 28.7 Å². The van der Waals surface area contributed by atoms with Crippen LogP contribution in [0.2, 0.25) is 0 Å². The van der Waals surface area contributed by atoms with Gasteiger partial charge in [-0.15, -0.1) is 0 Å². The summed E-state index contributed by atoms with van der Waals surface area (Å²) in [6.07, 6.45) is 8.08. The van der Waals surface area contributed by atoms with E-state index in [0.29, 0.717) is 37.9 Å². The number of hydrogen-bond acceptors (Lipinski definition) is 7. The van der Waals surface area contributed by atoms with Crippen molar-refractivity contribution in [2.24, 2.45) is 11.3 Å². The maximum atomic E-state index is 14.2. The lowest BCUT2D eigenvalue weighted by Gasteiger charge is -2.41. The van der Waals surface area contributed by atoms with Crippen molar-refractivity contribution in [1.82, 2.24) is 24.9 Å². The van der Waals surface area contributed by atoms with Crippen LogP contribution in [0.3, 0.4) is 0 Å². The van der Waals surface area contributed by atoms with E-state index >= 15 is 0 Å². The van der Waals surface area contributed by atoms with Crippen LogP contribution in [0.5, 0.6) is 0 Å². The Morgan fingerprint density at radius 1 is 0.830 bits per heavy atom. The van der Waals surface area contributed by atoms with Gasteiger partial charge in [0.1, 0.15) is 18.1 Å². The Hall–Kier alpha value is -2.95. The molecule has 3 rings (SSSR count). The molecular weight excluding hydrogens is 598 g/mol. The van der Waals surface area contributed by atoms with Crippen molar-refractivity contribution in [2.45, 2.75) is 143 Å². The highest BCUT2D eigenvalue weighted by Crippen LogP contribution is 2.28. The van der Waals surface area contributed by atoms with E-state index in [0.717, 1.165) is 38.6 Å². The van der Waals surface area contributed by atoms with E-state index in [9.17, 15) is 24.0 Å². The molecule has 0 aromatic rings. The standard InChI is InChI=1S/C36H61N5O6/c1-23(2)29(38(9)34(45)30(36(6,7)8)37-31(42)26-16-11-13-19-39(26)24(3)4)22-25(5)32(43)40-21-15-18-27(40)33(44)41-20-14-12-17-28(41)35(46)47-10/h22-24,26-30H,11-21H2,1-10H3,(H,37,42)/t26?,27-,28-,29+,30+/m0/s1. The number of rotatable bonds is 10. The van der Waals surface area contributed by atoms with Crippen LogP contribution in [-0.4, -0.2) is 119 Å². The van der Waals surface area contributed by atoms with Crippen molar-refractivity contribution in [2.75, 3.05) is 33.8 Å². The minimum atomic E-state index is -0.755. The molecule has 3 fully saturated rings. The van der Waals surface area contributed by atoms with Crippen molar-refractivity contribution >= 4 is 29.6 Å². The lowest BCUT2D eigenvalue weighted by atomic mass is 9.84. The van der Waals surface area contributed by atoms with E-state index in [1.165, 1.54) is 7.11 Å². The SMILES string of the molecule is COC(=O)[C@@H]1CCCCN1C(=O)[C@@H]1CCCN1C(=O)C(C)=C[C@H](C(C)C)N(C)C(=O)[C@@H](NC(=O)C1CCCCN1C(C)C)C(C)(C)C. The maximum Gasteiger partial charge on any atom is 0.328 e. The third kappa shape index (κ3) is 9.15. The fraction of sp³-hybridized carbons (Fsp3) is 0.806. The zero-order valence-electron chi connectivity index (χ0n) is 30.6. The Labute approximate surface area is 282 Å². The van der Waals surface area contributed by atoms with Gasteiger partial charge in [-0.2, -0.15) is 0 Å². The van der Waals surface area contributed by atoms with Crippen molar-refractivity contribution in [3.8, 4) is 0 Å². The van der Waals surface area contributed by atoms with Crippen LogP contribution >= 0.6 is 0 Å². The number of methoxy groups -OCH3 is 1. The molecule has 0 bridgehead atoms. The van der Waals surface area contributed by atoms with Crippen molar-refractivity contribution in [3.05, 3.63) is 11.6 Å². The Bertz CT molecular complexity index is 1180. The first-order valence-corrected chi connectivity index (χ1v) is 17.7. The zero-order valence-corrected chi connectivity index (χ0v) is 30.6. The lowest BCUT2D eigenvalue weighted by molar-refractivity contribution is -0.157. The van der Waals surface area contributed by atoms with E-state index in [4.69, 9.17) is 4.74 Å². The second kappa shape index (κ2) is 16.4. The number of piperidine rings is 2. The molecule has 4 amide bonds. The molecule has 5 atom stereocenters. The average Bonchev–Trinajstić information content (AvgIpc) is 3.53. The molecule has 11 heteroatoms. The number of amides is 4. The molecule has 0 aromatic heterocycles. The number of hydrogen-bond donors (Lipinski definition) is 1. The molecule has 11 nitrogen and oxygen atoms in total. The average molecular weight is 660 g/mol. The van der Waals surface area contributed by atoms with Gasteiger partial charge in [0.2, 0.25) is 23.6 Å². The first-order valence-electron chi connectivity index (χ1n) is 17.7. The lowest BCUT2D eigenvalue weighted by Crippen LogP contribution is -2.60. The van der Waals surface area contributed by atoms with Gasteiger partial charge in [-0.1, -0.05) is 47.1 Å². The fourth-order valence-corrected chi connectivity index (χ4v) is 7.43. The van der Waals surface area contributed by atoms with Crippen LogP contribution in [0.25, 0.3) is 0 Å². The van der Waals surface area contributed by atoms with Gasteiger partial charge in [0.25, 0.3) is 0 Å². The third-order valence-corrected chi connectivity index (χ3v) is 10.2. The minimum Gasteiger partial charge on any atom is -0.467 e. The van der Waals surface area contributed by atoms with Crippen LogP contribution in [0.15, 0.2) is 11.6 Å². The summed E-state index contributed by atoms with van der Waals surface area (Å²) in [6.45, 7) is 17.6. The first kappa shape index (κ1) is 38.5. The first-order chi connectivity index (χ1) is 22.0. The summed E-state index contributed by atoms with van der Waals surface area (Å²) in [7, 11) is 3.07. The molecular formula is C36H61N5O6. The Morgan fingerprint density at radius 3 is 1.98 bits per heavy atom. The Balaban J connectivity index is 1.80. The normalized spacial score (nSPS) is 24.3. The number of carbonyl (C=O) groups excluding carboxylic acids is 5. The highest BCUT2D eigenvalue weighted by atomic mass is 16.5. The minimum absolute atomic E-state index is 0.0250. The molecule has 1 N–H and O–H groups in total. The summed E-state index contributed by atoms with van der Waals surface area (Å²) in [5, 5.41) is 3.13. The highest BCUT2D eigenvalue weighted by molar-refractivity contribution is 5.98. The van der Waals surface area contributed by atoms with E-state index in [-0.39, 0.29) is 41.6 Å². The quantitative estimate of drug-likeness (QED) is 0.280. The number of ether oxygens (including phenoxy) is 1. The Morgan fingerprint density at radius 2 is 1.40 bits per heavy atom. The maximum absolute atomic E-state index is 14.2. The van der Waals surface area contributed by atoms with Gasteiger partial charge in [-0.05, 0) is 83.6 Å². The van der Waals surface area contributed by atoms with Crippen LogP contribution in [0, 0.1) is 11.3 Å². The Kier molecular flexibility index (Phi) is 13.5.